The molecule has 26 heavy (non-hydrogen) atoms. The number of carbonyl (C=O) groups excluding carboxylic acids is 2. The average Bonchev–Trinajstić information content (AvgIpc) is 3.26. The van der Waals surface area contributed by atoms with E-state index in [-0.39, 0.29) is 24.3 Å². The molecular formula is C19H26N2O5. The number of nitrogens with zero attached hydrogens (tertiary/aromatic N) is 1. The maximum absolute atomic E-state index is 12.5. The van der Waals surface area contributed by atoms with E-state index in [1.54, 1.807) is 17.2 Å². The van der Waals surface area contributed by atoms with Crippen LogP contribution in [0.5, 0.6) is 0 Å². The lowest BCUT2D eigenvalue weighted by Gasteiger charge is -2.39. The molecule has 7 nitrogen and oxygen atoms in total. The number of ether oxygens (including phenoxy) is 1. The minimum atomic E-state index is -0.793. The predicted octanol–water partition coefficient (Wildman–Crippen LogP) is 1.21. The SMILES string of the molecule is O=C(NCc1ccco1)[C@@H]1C[C@@H]2CCN(C(=O)CC3(O)CCC3)C[C@H]2O1. The van der Waals surface area contributed by atoms with Crippen molar-refractivity contribution in [3.63, 3.8) is 0 Å². The summed E-state index contributed by atoms with van der Waals surface area (Å²) in [6.45, 7) is 1.55. The second-order valence-electron chi connectivity index (χ2n) is 7.84. The van der Waals surface area contributed by atoms with Gasteiger partial charge in [0.1, 0.15) is 11.9 Å². The van der Waals surface area contributed by atoms with Crippen LogP contribution < -0.4 is 5.32 Å². The number of amides is 2. The molecule has 2 amide bonds. The largest absolute Gasteiger partial charge is 0.467 e. The van der Waals surface area contributed by atoms with Crippen LogP contribution in [0.1, 0.15) is 44.3 Å². The molecule has 1 aromatic rings. The zero-order chi connectivity index (χ0) is 18.1. The molecule has 4 rings (SSSR count). The van der Waals surface area contributed by atoms with Gasteiger partial charge in [0.15, 0.2) is 0 Å². The van der Waals surface area contributed by atoms with E-state index < -0.39 is 11.7 Å². The molecule has 3 aliphatic rings. The highest BCUT2D eigenvalue weighted by Gasteiger charge is 2.44. The van der Waals surface area contributed by atoms with E-state index in [4.69, 9.17) is 9.15 Å². The van der Waals surface area contributed by atoms with Crippen LogP contribution in [0.3, 0.4) is 0 Å². The van der Waals surface area contributed by atoms with E-state index in [0.717, 1.165) is 12.8 Å². The van der Waals surface area contributed by atoms with Crippen LogP contribution in [-0.2, 0) is 20.9 Å². The second kappa shape index (κ2) is 7.04. The minimum Gasteiger partial charge on any atom is -0.467 e. The van der Waals surface area contributed by atoms with Gasteiger partial charge >= 0.3 is 0 Å². The van der Waals surface area contributed by atoms with Gasteiger partial charge in [0.05, 0.1) is 30.9 Å². The van der Waals surface area contributed by atoms with Gasteiger partial charge in [-0.3, -0.25) is 9.59 Å². The van der Waals surface area contributed by atoms with Crippen LogP contribution in [-0.4, -0.2) is 52.7 Å². The predicted molar refractivity (Wildman–Crippen MR) is 91.9 cm³/mol. The second-order valence-corrected chi connectivity index (χ2v) is 7.84. The summed E-state index contributed by atoms with van der Waals surface area (Å²) in [6, 6.07) is 3.60. The van der Waals surface area contributed by atoms with Crippen molar-refractivity contribution in [2.45, 2.75) is 62.9 Å². The van der Waals surface area contributed by atoms with Crippen molar-refractivity contribution in [1.82, 2.24) is 10.2 Å². The number of rotatable bonds is 5. The molecule has 0 spiro atoms. The van der Waals surface area contributed by atoms with Crippen LogP contribution in [0.25, 0.3) is 0 Å². The van der Waals surface area contributed by atoms with Crippen LogP contribution >= 0.6 is 0 Å². The lowest BCUT2D eigenvalue weighted by molar-refractivity contribution is -0.145. The molecule has 2 saturated heterocycles. The van der Waals surface area contributed by atoms with E-state index in [1.165, 1.54) is 0 Å². The van der Waals surface area contributed by atoms with Crippen molar-refractivity contribution in [2.24, 2.45) is 5.92 Å². The average molecular weight is 362 g/mol. The molecule has 3 atom stereocenters. The van der Waals surface area contributed by atoms with Crippen molar-refractivity contribution < 1.29 is 23.8 Å². The number of fused-ring (bicyclic) bond motifs is 1. The quantitative estimate of drug-likeness (QED) is 0.821. The van der Waals surface area contributed by atoms with Crippen molar-refractivity contribution in [3.8, 4) is 0 Å². The maximum atomic E-state index is 12.5. The van der Waals surface area contributed by atoms with Crippen LogP contribution in [0.15, 0.2) is 22.8 Å². The van der Waals surface area contributed by atoms with Gasteiger partial charge in [-0.15, -0.1) is 0 Å². The Morgan fingerprint density at radius 2 is 2.23 bits per heavy atom. The molecule has 3 fully saturated rings. The Balaban J connectivity index is 1.27. The first-order valence-corrected chi connectivity index (χ1v) is 9.48. The van der Waals surface area contributed by atoms with Crippen molar-refractivity contribution in [1.29, 1.82) is 0 Å². The van der Waals surface area contributed by atoms with E-state index in [1.807, 2.05) is 6.07 Å². The first kappa shape index (κ1) is 17.5. The zero-order valence-corrected chi connectivity index (χ0v) is 14.9. The number of nitrogens with one attached hydrogen (secondary N) is 1. The summed E-state index contributed by atoms with van der Waals surface area (Å²) in [5, 5.41) is 13.1. The molecule has 142 valence electrons. The molecule has 0 unspecified atom stereocenters. The molecular weight excluding hydrogens is 336 g/mol. The summed E-state index contributed by atoms with van der Waals surface area (Å²) < 4.78 is 11.2. The summed E-state index contributed by atoms with van der Waals surface area (Å²) in [5.74, 6) is 0.891. The summed E-state index contributed by atoms with van der Waals surface area (Å²) in [6.07, 6.45) is 5.18. The summed E-state index contributed by atoms with van der Waals surface area (Å²) in [7, 11) is 0. The number of furan rings is 1. The Morgan fingerprint density at radius 3 is 2.92 bits per heavy atom. The molecule has 2 aliphatic heterocycles. The number of carbonyl (C=O) groups is 2. The van der Waals surface area contributed by atoms with Gasteiger partial charge in [-0.2, -0.15) is 0 Å². The number of aliphatic hydroxyl groups is 1. The van der Waals surface area contributed by atoms with Crippen molar-refractivity contribution >= 4 is 11.8 Å². The highest BCUT2D eigenvalue weighted by atomic mass is 16.5. The number of likely N-dealkylation sites (tertiary alicyclic amines) is 1. The van der Waals surface area contributed by atoms with Gasteiger partial charge in [0.2, 0.25) is 11.8 Å². The highest BCUT2D eigenvalue weighted by Crippen LogP contribution is 2.37. The lowest BCUT2D eigenvalue weighted by atomic mass is 9.77. The Kier molecular flexibility index (Phi) is 4.75. The summed E-state index contributed by atoms with van der Waals surface area (Å²) >= 11 is 0. The van der Waals surface area contributed by atoms with Gasteiger partial charge in [-0.05, 0) is 50.2 Å². The normalized spacial score (nSPS) is 29.7. The van der Waals surface area contributed by atoms with Crippen LogP contribution in [0.4, 0.5) is 0 Å². The number of hydrogen-bond acceptors (Lipinski definition) is 5. The highest BCUT2D eigenvalue weighted by molar-refractivity contribution is 5.81. The first-order chi connectivity index (χ1) is 12.5. The molecule has 1 saturated carbocycles. The summed E-state index contributed by atoms with van der Waals surface area (Å²) in [5.41, 5.74) is -0.793. The Hall–Kier alpha value is -1.86. The summed E-state index contributed by atoms with van der Waals surface area (Å²) in [4.78, 5) is 26.6. The van der Waals surface area contributed by atoms with E-state index >= 15 is 0 Å². The molecule has 0 bridgehead atoms. The molecule has 0 radical (unpaired) electrons. The fourth-order valence-electron chi connectivity index (χ4n) is 4.18. The molecule has 2 N–H and O–H groups in total. The van der Waals surface area contributed by atoms with Gasteiger partial charge < -0.3 is 24.5 Å². The van der Waals surface area contributed by atoms with E-state index in [2.05, 4.69) is 5.32 Å². The van der Waals surface area contributed by atoms with Gasteiger partial charge in [-0.1, -0.05) is 0 Å². The number of piperidine rings is 1. The lowest BCUT2D eigenvalue weighted by Crippen LogP contribution is -2.49. The fraction of sp³-hybridized carbons (Fsp3) is 0.684. The standard InChI is InChI=1S/C19H26N2O5/c22-17(10-19(24)5-2-6-19)21-7-4-13-9-15(26-16(13)12-21)18(23)20-11-14-3-1-8-25-14/h1,3,8,13,15-16,24H,2,4-7,9-12H2,(H,20,23)/t13-,15-,16+/m0/s1. The van der Waals surface area contributed by atoms with E-state index in [9.17, 15) is 14.7 Å². The Morgan fingerprint density at radius 1 is 1.38 bits per heavy atom. The monoisotopic (exact) mass is 362 g/mol. The first-order valence-electron chi connectivity index (χ1n) is 9.48. The molecule has 3 heterocycles. The molecule has 1 aliphatic carbocycles. The Bertz CT molecular complexity index is 655. The van der Waals surface area contributed by atoms with E-state index in [0.29, 0.717) is 50.6 Å². The van der Waals surface area contributed by atoms with Gasteiger partial charge in [0, 0.05) is 13.1 Å². The Labute approximate surface area is 152 Å². The third-order valence-corrected chi connectivity index (χ3v) is 5.98. The molecule has 0 aromatic carbocycles. The maximum Gasteiger partial charge on any atom is 0.249 e. The van der Waals surface area contributed by atoms with Crippen molar-refractivity contribution in [3.05, 3.63) is 24.2 Å². The third-order valence-electron chi connectivity index (χ3n) is 5.98. The van der Waals surface area contributed by atoms with Gasteiger partial charge in [0.25, 0.3) is 0 Å². The molecule has 1 aromatic heterocycles. The van der Waals surface area contributed by atoms with Crippen LogP contribution in [0.2, 0.25) is 0 Å². The van der Waals surface area contributed by atoms with Crippen molar-refractivity contribution in [2.75, 3.05) is 13.1 Å². The third kappa shape index (κ3) is 3.64. The number of hydrogen-bond donors (Lipinski definition) is 2. The van der Waals surface area contributed by atoms with Crippen LogP contribution in [0, 0.1) is 5.92 Å². The van der Waals surface area contributed by atoms with Gasteiger partial charge in [-0.25, -0.2) is 0 Å². The molecule has 7 heteroatoms. The smallest absolute Gasteiger partial charge is 0.249 e. The minimum absolute atomic E-state index is 0.0000270. The fourth-order valence-corrected chi connectivity index (χ4v) is 4.18. The zero-order valence-electron chi connectivity index (χ0n) is 14.9. The topological polar surface area (TPSA) is 92.0 Å².